The van der Waals surface area contributed by atoms with Crippen LogP contribution >= 0.6 is 0 Å². The molecule has 0 bridgehead atoms. The van der Waals surface area contributed by atoms with Crippen LogP contribution in [0.1, 0.15) is 31.2 Å². The number of nitrogens with zero attached hydrogens (tertiary/aromatic N) is 2. The van der Waals surface area contributed by atoms with Crippen LogP contribution < -0.4 is 11.1 Å². The maximum absolute atomic E-state index is 13.1. The Morgan fingerprint density at radius 1 is 1.15 bits per heavy atom. The van der Waals surface area contributed by atoms with Gasteiger partial charge in [-0.05, 0) is 49.9 Å². The monoisotopic (exact) mass is 376 g/mol. The molecule has 27 heavy (non-hydrogen) atoms. The molecule has 0 aliphatic carbocycles. The van der Waals surface area contributed by atoms with E-state index in [4.69, 9.17) is 5.73 Å². The molecule has 2 heterocycles. The lowest BCUT2D eigenvalue weighted by atomic mass is 9.96. The lowest BCUT2D eigenvalue weighted by Gasteiger charge is -2.35. The number of amides is 2. The predicted molar refractivity (Wildman–Crippen MR) is 101 cm³/mol. The summed E-state index contributed by atoms with van der Waals surface area (Å²) >= 11 is 0. The highest BCUT2D eigenvalue weighted by atomic mass is 19.1. The van der Waals surface area contributed by atoms with Gasteiger partial charge in [0.2, 0.25) is 11.8 Å². The van der Waals surface area contributed by atoms with E-state index in [2.05, 4.69) is 10.2 Å². The van der Waals surface area contributed by atoms with Gasteiger partial charge in [0.15, 0.2) is 0 Å². The molecule has 0 spiro atoms. The van der Waals surface area contributed by atoms with Crippen molar-refractivity contribution < 1.29 is 14.0 Å². The Hall–Kier alpha value is -1.99. The molecule has 0 aromatic heterocycles. The number of carbonyl (C=O) groups is 2. The average Bonchev–Trinajstić information content (AvgIpc) is 3.15. The highest BCUT2D eigenvalue weighted by Gasteiger charge is 2.36. The van der Waals surface area contributed by atoms with Crippen molar-refractivity contribution in [2.45, 2.75) is 38.3 Å². The number of hydrogen-bond donors (Lipinski definition) is 2. The van der Waals surface area contributed by atoms with Crippen LogP contribution in [0, 0.1) is 11.7 Å². The zero-order valence-corrected chi connectivity index (χ0v) is 15.7. The lowest BCUT2D eigenvalue weighted by Crippen LogP contribution is -2.51. The fourth-order valence-corrected chi connectivity index (χ4v) is 4.06. The summed E-state index contributed by atoms with van der Waals surface area (Å²) in [5.74, 6) is -0.292. The summed E-state index contributed by atoms with van der Waals surface area (Å²) in [4.78, 5) is 29.4. The zero-order valence-electron chi connectivity index (χ0n) is 15.7. The average molecular weight is 376 g/mol. The molecular formula is C20H29FN4O2. The third-order valence-corrected chi connectivity index (χ3v) is 5.50. The van der Waals surface area contributed by atoms with Crippen LogP contribution in [0.2, 0.25) is 0 Å². The standard InChI is InChI=1S/C20H29FN4O2/c21-17-7-5-15(6-8-17)13-24-11-2-4-18(24)20(27)25-12-1-3-16(14-25)19(26)23-10-9-22/h5-8,16,18H,1-4,9-14,22H2,(H,23,26). The summed E-state index contributed by atoms with van der Waals surface area (Å²) in [7, 11) is 0. The molecule has 2 fully saturated rings. The second-order valence-electron chi connectivity index (χ2n) is 7.46. The van der Waals surface area contributed by atoms with Crippen molar-refractivity contribution in [1.29, 1.82) is 0 Å². The van der Waals surface area contributed by atoms with Crippen LogP contribution in [0.15, 0.2) is 24.3 Å². The Balaban J connectivity index is 1.59. The summed E-state index contributed by atoms with van der Waals surface area (Å²) < 4.78 is 13.1. The van der Waals surface area contributed by atoms with E-state index in [0.717, 1.165) is 37.8 Å². The highest BCUT2D eigenvalue weighted by Crippen LogP contribution is 2.25. The Kier molecular flexibility index (Phi) is 6.79. The highest BCUT2D eigenvalue weighted by molar-refractivity contribution is 5.84. The maximum atomic E-state index is 13.1. The molecule has 7 heteroatoms. The molecule has 1 aromatic carbocycles. The molecule has 0 saturated carbocycles. The van der Waals surface area contributed by atoms with Gasteiger partial charge in [-0.2, -0.15) is 0 Å². The minimum absolute atomic E-state index is 0.00691. The Morgan fingerprint density at radius 2 is 1.89 bits per heavy atom. The van der Waals surface area contributed by atoms with Crippen LogP contribution in [0.4, 0.5) is 4.39 Å². The first-order valence-corrected chi connectivity index (χ1v) is 9.83. The van der Waals surface area contributed by atoms with E-state index in [1.54, 1.807) is 12.1 Å². The number of halogens is 1. The molecule has 0 radical (unpaired) electrons. The SMILES string of the molecule is NCCNC(=O)C1CCCN(C(=O)C2CCCN2Cc2ccc(F)cc2)C1. The maximum Gasteiger partial charge on any atom is 0.239 e. The minimum atomic E-state index is -0.250. The second kappa shape index (κ2) is 9.28. The topological polar surface area (TPSA) is 78.7 Å². The minimum Gasteiger partial charge on any atom is -0.355 e. The normalized spacial score (nSPS) is 23.4. The summed E-state index contributed by atoms with van der Waals surface area (Å²) in [6, 6.07) is 6.30. The van der Waals surface area contributed by atoms with E-state index in [1.165, 1.54) is 12.1 Å². The molecule has 6 nitrogen and oxygen atoms in total. The van der Waals surface area contributed by atoms with Crippen molar-refractivity contribution in [2.75, 3.05) is 32.7 Å². The van der Waals surface area contributed by atoms with Gasteiger partial charge < -0.3 is 16.0 Å². The molecule has 3 rings (SSSR count). The summed E-state index contributed by atoms with van der Waals surface area (Å²) in [6.07, 6.45) is 3.47. The summed E-state index contributed by atoms with van der Waals surface area (Å²) in [5.41, 5.74) is 6.45. The molecule has 2 saturated heterocycles. The van der Waals surface area contributed by atoms with Gasteiger partial charge in [-0.3, -0.25) is 14.5 Å². The van der Waals surface area contributed by atoms with Gasteiger partial charge in [0.1, 0.15) is 5.82 Å². The summed E-state index contributed by atoms with van der Waals surface area (Å²) in [5, 5.41) is 2.83. The van der Waals surface area contributed by atoms with E-state index in [0.29, 0.717) is 32.7 Å². The van der Waals surface area contributed by atoms with Crippen molar-refractivity contribution in [2.24, 2.45) is 11.7 Å². The smallest absolute Gasteiger partial charge is 0.239 e. The zero-order chi connectivity index (χ0) is 19.2. The number of piperidine rings is 1. The number of likely N-dealkylation sites (tertiary alicyclic amines) is 2. The first-order valence-electron chi connectivity index (χ1n) is 9.83. The largest absolute Gasteiger partial charge is 0.355 e. The van der Waals surface area contributed by atoms with Crippen LogP contribution in [0.25, 0.3) is 0 Å². The van der Waals surface area contributed by atoms with E-state index in [9.17, 15) is 14.0 Å². The quantitative estimate of drug-likeness (QED) is 0.779. The van der Waals surface area contributed by atoms with Gasteiger partial charge >= 0.3 is 0 Å². The Morgan fingerprint density at radius 3 is 2.63 bits per heavy atom. The number of benzene rings is 1. The van der Waals surface area contributed by atoms with Crippen LogP contribution in [-0.4, -0.2) is 60.4 Å². The fraction of sp³-hybridized carbons (Fsp3) is 0.600. The third-order valence-electron chi connectivity index (χ3n) is 5.50. The van der Waals surface area contributed by atoms with E-state index < -0.39 is 0 Å². The second-order valence-corrected chi connectivity index (χ2v) is 7.46. The molecule has 148 valence electrons. The van der Waals surface area contributed by atoms with Crippen molar-refractivity contribution >= 4 is 11.8 Å². The number of nitrogens with one attached hydrogen (secondary N) is 1. The molecule has 2 atom stereocenters. The number of rotatable bonds is 6. The number of hydrogen-bond acceptors (Lipinski definition) is 4. The van der Waals surface area contributed by atoms with Crippen LogP contribution in [0.3, 0.4) is 0 Å². The predicted octanol–water partition coefficient (Wildman–Crippen LogP) is 1.10. The van der Waals surface area contributed by atoms with Crippen molar-refractivity contribution in [3.8, 4) is 0 Å². The molecule has 2 aliphatic heterocycles. The molecule has 2 aliphatic rings. The van der Waals surface area contributed by atoms with Gasteiger partial charge in [0, 0.05) is 32.7 Å². The van der Waals surface area contributed by atoms with E-state index in [1.807, 2.05) is 4.90 Å². The molecule has 2 amide bonds. The van der Waals surface area contributed by atoms with E-state index in [-0.39, 0.29) is 29.6 Å². The van der Waals surface area contributed by atoms with Gasteiger partial charge in [0.05, 0.1) is 12.0 Å². The van der Waals surface area contributed by atoms with Crippen LogP contribution in [0.5, 0.6) is 0 Å². The van der Waals surface area contributed by atoms with Gasteiger partial charge in [-0.1, -0.05) is 12.1 Å². The number of nitrogens with two attached hydrogens (primary N) is 1. The first-order chi connectivity index (χ1) is 13.1. The Bertz CT molecular complexity index is 652. The summed E-state index contributed by atoms with van der Waals surface area (Å²) in [6.45, 7) is 3.59. The number of carbonyl (C=O) groups excluding carboxylic acids is 2. The Labute approximate surface area is 159 Å². The van der Waals surface area contributed by atoms with Gasteiger partial charge in [0.25, 0.3) is 0 Å². The lowest BCUT2D eigenvalue weighted by molar-refractivity contribution is -0.139. The van der Waals surface area contributed by atoms with Gasteiger partial charge in [-0.15, -0.1) is 0 Å². The van der Waals surface area contributed by atoms with Crippen molar-refractivity contribution in [1.82, 2.24) is 15.1 Å². The van der Waals surface area contributed by atoms with E-state index >= 15 is 0 Å². The third kappa shape index (κ3) is 5.05. The first kappa shape index (κ1) is 19.8. The van der Waals surface area contributed by atoms with Crippen molar-refractivity contribution in [3.63, 3.8) is 0 Å². The van der Waals surface area contributed by atoms with Gasteiger partial charge in [-0.25, -0.2) is 4.39 Å². The molecule has 2 unspecified atom stereocenters. The molecular weight excluding hydrogens is 347 g/mol. The molecule has 3 N–H and O–H groups in total. The van der Waals surface area contributed by atoms with Crippen molar-refractivity contribution in [3.05, 3.63) is 35.6 Å². The van der Waals surface area contributed by atoms with Crippen LogP contribution in [-0.2, 0) is 16.1 Å². The molecule has 1 aromatic rings. The fourth-order valence-electron chi connectivity index (χ4n) is 4.06.